The second-order valence-electron chi connectivity index (χ2n) is 2.50. The molecular formula is C6H13N5. The number of rotatable bonds is 3. The van der Waals surface area contributed by atoms with E-state index in [1.165, 1.54) is 0 Å². The van der Waals surface area contributed by atoms with Crippen molar-refractivity contribution in [2.24, 2.45) is 0 Å². The van der Waals surface area contributed by atoms with Crippen molar-refractivity contribution in [2.45, 2.75) is 13.0 Å². The van der Waals surface area contributed by atoms with E-state index >= 15 is 0 Å². The van der Waals surface area contributed by atoms with Gasteiger partial charge in [-0.05, 0) is 14.0 Å². The smallest absolute Gasteiger partial charge is 0.165 e. The van der Waals surface area contributed by atoms with Crippen LogP contribution in [-0.2, 0) is 0 Å². The lowest BCUT2D eigenvalue weighted by atomic mass is 10.4. The zero-order valence-corrected chi connectivity index (χ0v) is 6.78. The van der Waals surface area contributed by atoms with Crippen molar-refractivity contribution in [3.8, 4) is 0 Å². The SMILES string of the molecule is CNCC(C)n1ncc(N)n1. The zero-order chi connectivity index (χ0) is 8.27. The molecule has 1 rings (SSSR count). The summed E-state index contributed by atoms with van der Waals surface area (Å²) < 4.78 is 0. The molecule has 0 bridgehead atoms. The van der Waals surface area contributed by atoms with E-state index in [1.807, 2.05) is 14.0 Å². The lowest BCUT2D eigenvalue weighted by molar-refractivity contribution is 0.421. The molecule has 1 atom stereocenters. The maximum absolute atomic E-state index is 5.40. The molecule has 62 valence electrons. The average molecular weight is 155 g/mol. The lowest BCUT2D eigenvalue weighted by Gasteiger charge is -2.08. The zero-order valence-electron chi connectivity index (χ0n) is 6.78. The van der Waals surface area contributed by atoms with Crippen LogP contribution < -0.4 is 11.1 Å². The molecule has 5 heteroatoms. The van der Waals surface area contributed by atoms with Gasteiger partial charge in [-0.3, -0.25) is 0 Å². The number of anilines is 1. The largest absolute Gasteiger partial charge is 0.381 e. The van der Waals surface area contributed by atoms with Crippen LogP contribution in [0.4, 0.5) is 5.82 Å². The summed E-state index contributed by atoms with van der Waals surface area (Å²) in [6.45, 7) is 2.87. The van der Waals surface area contributed by atoms with Crippen LogP contribution in [0.3, 0.4) is 0 Å². The van der Waals surface area contributed by atoms with Gasteiger partial charge in [0.15, 0.2) is 5.82 Å². The fourth-order valence-corrected chi connectivity index (χ4v) is 0.878. The van der Waals surface area contributed by atoms with Crippen molar-refractivity contribution in [1.29, 1.82) is 0 Å². The Morgan fingerprint density at radius 1 is 1.82 bits per heavy atom. The van der Waals surface area contributed by atoms with Crippen molar-refractivity contribution < 1.29 is 0 Å². The van der Waals surface area contributed by atoms with Gasteiger partial charge in [-0.1, -0.05) is 0 Å². The predicted octanol–water partition coefficient (Wildman–Crippen LogP) is -0.359. The van der Waals surface area contributed by atoms with Gasteiger partial charge in [0, 0.05) is 6.54 Å². The van der Waals surface area contributed by atoms with Gasteiger partial charge in [0.25, 0.3) is 0 Å². The monoisotopic (exact) mass is 155 g/mol. The maximum Gasteiger partial charge on any atom is 0.165 e. The highest BCUT2D eigenvalue weighted by molar-refractivity contribution is 5.19. The van der Waals surface area contributed by atoms with Crippen LogP contribution in [0, 0.1) is 0 Å². The van der Waals surface area contributed by atoms with Crippen molar-refractivity contribution in [2.75, 3.05) is 19.3 Å². The Kier molecular flexibility index (Phi) is 2.43. The Morgan fingerprint density at radius 2 is 2.55 bits per heavy atom. The number of nitrogens with zero attached hydrogens (tertiary/aromatic N) is 3. The van der Waals surface area contributed by atoms with E-state index in [0.29, 0.717) is 5.82 Å². The summed E-state index contributed by atoms with van der Waals surface area (Å²) in [6, 6.07) is 0.247. The Hall–Kier alpha value is -1.10. The van der Waals surface area contributed by atoms with E-state index in [0.717, 1.165) is 6.54 Å². The first-order valence-corrected chi connectivity index (χ1v) is 3.56. The molecule has 0 aromatic carbocycles. The van der Waals surface area contributed by atoms with Crippen molar-refractivity contribution in [3.05, 3.63) is 6.20 Å². The molecule has 0 aliphatic carbocycles. The average Bonchev–Trinajstić information content (AvgIpc) is 2.36. The molecular weight excluding hydrogens is 142 g/mol. The summed E-state index contributed by atoms with van der Waals surface area (Å²) in [6.07, 6.45) is 1.55. The summed E-state index contributed by atoms with van der Waals surface area (Å²) in [7, 11) is 1.89. The summed E-state index contributed by atoms with van der Waals surface area (Å²) in [4.78, 5) is 1.60. The lowest BCUT2D eigenvalue weighted by Crippen LogP contribution is -2.21. The predicted molar refractivity (Wildman–Crippen MR) is 43.1 cm³/mol. The first-order chi connectivity index (χ1) is 5.24. The van der Waals surface area contributed by atoms with Crippen LogP contribution >= 0.6 is 0 Å². The van der Waals surface area contributed by atoms with Crippen LogP contribution in [0.1, 0.15) is 13.0 Å². The number of hydrogen-bond donors (Lipinski definition) is 2. The molecule has 0 aliphatic rings. The van der Waals surface area contributed by atoms with Crippen LogP contribution in [-0.4, -0.2) is 28.6 Å². The van der Waals surface area contributed by atoms with E-state index in [1.54, 1.807) is 11.0 Å². The fourth-order valence-electron chi connectivity index (χ4n) is 0.878. The summed E-state index contributed by atoms with van der Waals surface area (Å²) in [5.41, 5.74) is 5.40. The molecule has 0 radical (unpaired) electrons. The molecule has 0 aliphatic heterocycles. The van der Waals surface area contributed by atoms with E-state index in [4.69, 9.17) is 5.73 Å². The van der Waals surface area contributed by atoms with Gasteiger partial charge < -0.3 is 11.1 Å². The van der Waals surface area contributed by atoms with Crippen LogP contribution in [0.2, 0.25) is 0 Å². The summed E-state index contributed by atoms with van der Waals surface area (Å²) in [5.74, 6) is 0.466. The van der Waals surface area contributed by atoms with Crippen LogP contribution in [0.5, 0.6) is 0 Å². The highest BCUT2D eigenvalue weighted by Gasteiger charge is 2.04. The first kappa shape index (κ1) is 8.00. The minimum absolute atomic E-state index is 0.247. The van der Waals surface area contributed by atoms with E-state index in [-0.39, 0.29) is 6.04 Å². The van der Waals surface area contributed by atoms with Gasteiger partial charge in [0.1, 0.15) is 0 Å². The normalized spacial score (nSPS) is 13.3. The molecule has 0 saturated heterocycles. The minimum Gasteiger partial charge on any atom is -0.381 e. The molecule has 0 spiro atoms. The van der Waals surface area contributed by atoms with Crippen molar-refractivity contribution in [1.82, 2.24) is 20.3 Å². The van der Waals surface area contributed by atoms with E-state index < -0.39 is 0 Å². The highest BCUT2D eigenvalue weighted by atomic mass is 15.5. The Morgan fingerprint density at radius 3 is 3.00 bits per heavy atom. The molecule has 0 fully saturated rings. The topological polar surface area (TPSA) is 68.8 Å². The third kappa shape index (κ3) is 1.91. The van der Waals surface area contributed by atoms with Crippen molar-refractivity contribution in [3.63, 3.8) is 0 Å². The number of likely N-dealkylation sites (N-methyl/N-ethyl adjacent to an activating group) is 1. The van der Waals surface area contributed by atoms with Gasteiger partial charge in [-0.15, -0.1) is 5.10 Å². The Labute approximate surface area is 65.6 Å². The first-order valence-electron chi connectivity index (χ1n) is 3.56. The molecule has 5 nitrogen and oxygen atoms in total. The number of hydrogen-bond acceptors (Lipinski definition) is 4. The van der Waals surface area contributed by atoms with E-state index in [9.17, 15) is 0 Å². The number of nitrogen functional groups attached to an aromatic ring is 1. The third-order valence-corrected chi connectivity index (χ3v) is 1.42. The molecule has 1 unspecified atom stereocenters. The number of nitrogens with one attached hydrogen (secondary N) is 1. The molecule has 3 N–H and O–H groups in total. The van der Waals surface area contributed by atoms with Crippen LogP contribution in [0.25, 0.3) is 0 Å². The van der Waals surface area contributed by atoms with Gasteiger partial charge in [-0.25, -0.2) is 0 Å². The molecule has 11 heavy (non-hydrogen) atoms. The molecule has 1 aromatic heterocycles. The van der Waals surface area contributed by atoms with Gasteiger partial charge in [0.2, 0.25) is 0 Å². The van der Waals surface area contributed by atoms with Crippen molar-refractivity contribution >= 4 is 5.82 Å². The van der Waals surface area contributed by atoms with Gasteiger partial charge >= 0.3 is 0 Å². The molecule has 1 aromatic rings. The molecule has 1 heterocycles. The minimum atomic E-state index is 0.247. The maximum atomic E-state index is 5.40. The molecule has 0 amide bonds. The quantitative estimate of drug-likeness (QED) is 0.625. The second kappa shape index (κ2) is 3.34. The Balaban J connectivity index is 2.60. The third-order valence-electron chi connectivity index (χ3n) is 1.42. The van der Waals surface area contributed by atoms with Crippen LogP contribution in [0.15, 0.2) is 6.20 Å². The summed E-state index contributed by atoms with van der Waals surface area (Å²) >= 11 is 0. The highest BCUT2D eigenvalue weighted by Crippen LogP contribution is 2.00. The number of aromatic nitrogens is 3. The van der Waals surface area contributed by atoms with E-state index in [2.05, 4.69) is 15.5 Å². The fraction of sp³-hybridized carbons (Fsp3) is 0.667. The standard InChI is InChI=1S/C6H13N5/c1-5(3-8-2)11-9-4-6(7)10-11/h4-5,8H,3H2,1-2H3,(H2,7,10). The van der Waals surface area contributed by atoms with Gasteiger partial charge in [-0.2, -0.15) is 9.90 Å². The number of nitrogens with two attached hydrogens (primary N) is 1. The van der Waals surface area contributed by atoms with Gasteiger partial charge in [0.05, 0.1) is 12.2 Å². The summed E-state index contributed by atoms with van der Waals surface area (Å²) in [5, 5.41) is 11.0. The Bertz CT molecular complexity index is 219. The molecule has 0 saturated carbocycles. The second-order valence-corrected chi connectivity index (χ2v) is 2.50.